The highest BCUT2D eigenvalue weighted by Gasteiger charge is 2.05. The molecule has 21 heavy (non-hydrogen) atoms. The predicted octanol–water partition coefficient (Wildman–Crippen LogP) is 2.92. The molecule has 0 radical (unpaired) electrons. The summed E-state index contributed by atoms with van der Waals surface area (Å²) in [7, 11) is 2.04. The van der Waals surface area contributed by atoms with Crippen LogP contribution in [0, 0.1) is 0 Å². The first-order valence-electron chi connectivity index (χ1n) is 7.51. The number of fused-ring (bicyclic) bond motifs is 1. The van der Waals surface area contributed by atoms with Crippen molar-refractivity contribution in [2.75, 3.05) is 6.54 Å². The zero-order valence-electron chi connectivity index (χ0n) is 12.7. The van der Waals surface area contributed by atoms with E-state index in [9.17, 15) is 0 Å². The molecule has 4 nitrogen and oxygen atoms in total. The van der Waals surface area contributed by atoms with Gasteiger partial charge in [-0.1, -0.05) is 19.1 Å². The molecule has 0 fully saturated rings. The van der Waals surface area contributed by atoms with Crippen LogP contribution in [-0.4, -0.2) is 20.7 Å². The molecule has 4 heteroatoms. The number of hydrogen-bond donors (Lipinski definition) is 1. The van der Waals surface area contributed by atoms with E-state index in [1.165, 1.54) is 28.6 Å². The SMILES string of the molecule is CCCNCc1ccc2ccn(Cc3cncn3C)c2c1. The van der Waals surface area contributed by atoms with Crippen molar-refractivity contribution in [3.05, 3.63) is 54.2 Å². The van der Waals surface area contributed by atoms with Gasteiger partial charge in [0, 0.05) is 31.5 Å². The monoisotopic (exact) mass is 282 g/mol. The van der Waals surface area contributed by atoms with Crippen LogP contribution in [0.5, 0.6) is 0 Å². The van der Waals surface area contributed by atoms with Gasteiger partial charge in [-0.2, -0.15) is 0 Å². The second-order valence-electron chi connectivity index (χ2n) is 5.51. The van der Waals surface area contributed by atoms with Crippen LogP contribution in [0.3, 0.4) is 0 Å². The third-order valence-corrected chi connectivity index (χ3v) is 3.84. The Morgan fingerprint density at radius 1 is 1.24 bits per heavy atom. The Labute approximate surface area is 125 Å². The normalized spacial score (nSPS) is 11.3. The first kappa shape index (κ1) is 13.9. The van der Waals surface area contributed by atoms with Gasteiger partial charge in [0.1, 0.15) is 0 Å². The second-order valence-corrected chi connectivity index (χ2v) is 5.51. The van der Waals surface area contributed by atoms with Crippen LogP contribution < -0.4 is 5.32 Å². The lowest BCUT2D eigenvalue weighted by Gasteiger charge is -2.08. The third-order valence-electron chi connectivity index (χ3n) is 3.84. The van der Waals surface area contributed by atoms with Gasteiger partial charge in [-0.3, -0.25) is 0 Å². The van der Waals surface area contributed by atoms with Gasteiger partial charge in [0.2, 0.25) is 0 Å². The van der Waals surface area contributed by atoms with E-state index >= 15 is 0 Å². The fourth-order valence-corrected chi connectivity index (χ4v) is 2.60. The average molecular weight is 282 g/mol. The van der Waals surface area contributed by atoms with Crippen LogP contribution in [0.2, 0.25) is 0 Å². The fraction of sp³-hybridized carbons (Fsp3) is 0.353. The van der Waals surface area contributed by atoms with E-state index in [0.717, 1.165) is 19.6 Å². The number of aryl methyl sites for hydroxylation is 1. The van der Waals surface area contributed by atoms with Crippen molar-refractivity contribution in [3.63, 3.8) is 0 Å². The maximum absolute atomic E-state index is 4.19. The molecule has 3 rings (SSSR count). The molecule has 0 aliphatic rings. The quantitative estimate of drug-likeness (QED) is 0.705. The Kier molecular flexibility index (Phi) is 4.06. The molecule has 0 atom stereocenters. The van der Waals surface area contributed by atoms with Crippen LogP contribution in [0.1, 0.15) is 24.6 Å². The summed E-state index contributed by atoms with van der Waals surface area (Å²) in [4.78, 5) is 4.19. The highest BCUT2D eigenvalue weighted by Crippen LogP contribution is 2.19. The highest BCUT2D eigenvalue weighted by atomic mass is 15.1. The summed E-state index contributed by atoms with van der Waals surface area (Å²) in [6.45, 7) is 5.04. The molecule has 0 bridgehead atoms. The smallest absolute Gasteiger partial charge is 0.0946 e. The first-order chi connectivity index (χ1) is 10.3. The Morgan fingerprint density at radius 2 is 2.14 bits per heavy atom. The number of aromatic nitrogens is 3. The van der Waals surface area contributed by atoms with E-state index in [4.69, 9.17) is 0 Å². The molecule has 2 heterocycles. The number of imidazole rings is 1. The highest BCUT2D eigenvalue weighted by molar-refractivity contribution is 5.80. The van der Waals surface area contributed by atoms with Crippen molar-refractivity contribution in [1.29, 1.82) is 0 Å². The summed E-state index contributed by atoms with van der Waals surface area (Å²) in [5.74, 6) is 0. The Morgan fingerprint density at radius 3 is 2.90 bits per heavy atom. The number of rotatable bonds is 6. The zero-order valence-corrected chi connectivity index (χ0v) is 12.7. The van der Waals surface area contributed by atoms with Crippen LogP contribution in [0.4, 0.5) is 0 Å². The molecule has 0 unspecified atom stereocenters. The minimum absolute atomic E-state index is 0.853. The number of nitrogens with one attached hydrogen (secondary N) is 1. The third kappa shape index (κ3) is 3.00. The molecular formula is C17H22N4. The van der Waals surface area contributed by atoms with Crippen LogP contribution in [-0.2, 0) is 20.1 Å². The molecule has 3 aromatic rings. The molecule has 0 spiro atoms. The number of nitrogens with zero attached hydrogens (tertiary/aromatic N) is 3. The minimum Gasteiger partial charge on any atom is -0.341 e. The topological polar surface area (TPSA) is 34.8 Å². The van der Waals surface area contributed by atoms with E-state index in [1.807, 2.05) is 19.6 Å². The molecule has 0 saturated heterocycles. The van der Waals surface area contributed by atoms with Crippen LogP contribution in [0.25, 0.3) is 10.9 Å². The van der Waals surface area contributed by atoms with Crippen molar-refractivity contribution in [1.82, 2.24) is 19.4 Å². The Balaban J connectivity index is 1.85. The summed E-state index contributed by atoms with van der Waals surface area (Å²) in [6.07, 6.45) is 7.10. The fourth-order valence-electron chi connectivity index (χ4n) is 2.60. The Hall–Kier alpha value is -2.07. The van der Waals surface area contributed by atoms with Crippen LogP contribution >= 0.6 is 0 Å². The molecule has 0 saturated carbocycles. The molecule has 1 aromatic carbocycles. The average Bonchev–Trinajstić information content (AvgIpc) is 3.07. The van der Waals surface area contributed by atoms with Crippen molar-refractivity contribution in [2.24, 2.45) is 7.05 Å². The van der Waals surface area contributed by atoms with E-state index in [0.29, 0.717) is 0 Å². The molecular weight excluding hydrogens is 260 g/mol. The van der Waals surface area contributed by atoms with Crippen molar-refractivity contribution >= 4 is 10.9 Å². The maximum Gasteiger partial charge on any atom is 0.0946 e. The summed E-state index contributed by atoms with van der Waals surface area (Å²) in [5, 5.41) is 4.75. The first-order valence-corrected chi connectivity index (χ1v) is 7.51. The van der Waals surface area contributed by atoms with Gasteiger partial charge in [-0.05, 0) is 36.0 Å². The molecule has 0 amide bonds. The van der Waals surface area contributed by atoms with E-state index in [2.05, 4.69) is 56.8 Å². The number of hydrogen-bond acceptors (Lipinski definition) is 2. The van der Waals surface area contributed by atoms with E-state index in [1.54, 1.807) is 0 Å². The molecule has 0 aliphatic carbocycles. The summed E-state index contributed by atoms with van der Waals surface area (Å²) >= 11 is 0. The van der Waals surface area contributed by atoms with Gasteiger partial charge in [-0.15, -0.1) is 0 Å². The van der Waals surface area contributed by atoms with E-state index in [-0.39, 0.29) is 0 Å². The molecule has 0 aliphatic heterocycles. The molecule has 1 N–H and O–H groups in total. The van der Waals surface area contributed by atoms with Gasteiger partial charge < -0.3 is 14.5 Å². The second kappa shape index (κ2) is 6.14. The molecule has 110 valence electrons. The standard InChI is InChI=1S/C17H22N4/c1-3-7-18-10-14-4-5-15-6-8-21(17(15)9-14)12-16-11-19-13-20(16)2/h4-6,8-9,11,13,18H,3,7,10,12H2,1-2H3. The lowest BCUT2D eigenvalue weighted by molar-refractivity contribution is 0.675. The summed E-state index contributed by atoms with van der Waals surface area (Å²) in [6, 6.07) is 8.88. The number of benzene rings is 1. The lowest BCUT2D eigenvalue weighted by Crippen LogP contribution is -2.13. The Bertz CT molecular complexity index is 723. The predicted molar refractivity (Wildman–Crippen MR) is 86.2 cm³/mol. The minimum atomic E-state index is 0.853. The van der Waals surface area contributed by atoms with Gasteiger partial charge in [0.25, 0.3) is 0 Å². The summed E-state index contributed by atoms with van der Waals surface area (Å²) < 4.78 is 4.36. The largest absolute Gasteiger partial charge is 0.341 e. The van der Waals surface area contributed by atoms with Crippen LogP contribution in [0.15, 0.2) is 43.0 Å². The van der Waals surface area contributed by atoms with Crippen molar-refractivity contribution in [3.8, 4) is 0 Å². The van der Waals surface area contributed by atoms with Gasteiger partial charge >= 0.3 is 0 Å². The maximum atomic E-state index is 4.19. The van der Waals surface area contributed by atoms with E-state index < -0.39 is 0 Å². The van der Waals surface area contributed by atoms with Crippen molar-refractivity contribution < 1.29 is 0 Å². The lowest BCUT2D eigenvalue weighted by atomic mass is 10.1. The van der Waals surface area contributed by atoms with Crippen molar-refractivity contribution in [2.45, 2.75) is 26.4 Å². The van der Waals surface area contributed by atoms with Gasteiger partial charge in [-0.25, -0.2) is 4.98 Å². The summed E-state index contributed by atoms with van der Waals surface area (Å²) in [5.41, 5.74) is 3.83. The zero-order chi connectivity index (χ0) is 14.7. The van der Waals surface area contributed by atoms with Gasteiger partial charge in [0.05, 0.1) is 18.6 Å². The van der Waals surface area contributed by atoms with Gasteiger partial charge in [0.15, 0.2) is 0 Å². The molecule has 2 aromatic heterocycles.